The van der Waals surface area contributed by atoms with Gasteiger partial charge in [-0.15, -0.1) is 5.10 Å². The number of nitro groups is 1. The number of nitrogens with zero attached hydrogens (tertiary/aromatic N) is 4. The number of hydrogen-bond acceptors (Lipinski definition) is 4. The first kappa shape index (κ1) is 15.2. The molecular formula is C15H20N4O2. The lowest BCUT2D eigenvalue weighted by atomic mass is 9.77. The molecule has 0 spiro atoms. The highest BCUT2D eigenvalue weighted by molar-refractivity contribution is 5.33. The summed E-state index contributed by atoms with van der Waals surface area (Å²) in [6.07, 6.45) is 4.38. The van der Waals surface area contributed by atoms with Crippen molar-refractivity contribution < 1.29 is 4.92 Å². The van der Waals surface area contributed by atoms with Crippen LogP contribution in [0.4, 0.5) is 5.69 Å². The van der Waals surface area contributed by atoms with Crippen LogP contribution >= 0.6 is 0 Å². The molecule has 0 aliphatic heterocycles. The van der Waals surface area contributed by atoms with Gasteiger partial charge in [0.25, 0.3) is 5.69 Å². The van der Waals surface area contributed by atoms with Gasteiger partial charge in [0.15, 0.2) is 0 Å². The quantitative estimate of drug-likeness (QED) is 0.626. The minimum Gasteiger partial charge on any atom is -0.258 e. The third kappa shape index (κ3) is 4.11. The minimum absolute atomic E-state index is 0.105. The first-order valence-corrected chi connectivity index (χ1v) is 6.93. The maximum absolute atomic E-state index is 10.7. The number of hydrogen-bond donors (Lipinski definition) is 0. The molecule has 0 amide bonds. The summed E-state index contributed by atoms with van der Waals surface area (Å²) in [5.74, 6) is 0.362. The molecule has 0 saturated heterocycles. The van der Waals surface area contributed by atoms with Crippen LogP contribution in [-0.4, -0.2) is 19.9 Å². The van der Waals surface area contributed by atoms with E-state index in [0.717, 1.165) is 18.5 Å². The van der Waals surface area contributed by atoms with Crippen LogP contribution in [0.1, 0.15) is 26.3 Å². The van der Waals surface area contributed by atoms with E-state index in [0.29, 0.717) is 5.92 Å². The molecule has 21 heavy (non-hydrogen) atoms. The van der Waals surface area contributed by atoms with Gasteiger partial charge in [0.2, 0.25) is 0 Å². The van der Waals surface area contributed by atoms with Crippen molar-refractivity contribution >= 4 is 5.69 Å². The summed E-state index contributed by atoms with van der Waals surface area (Å²) < 4.78 is 1.83. The zero-order valence-corrected chi connectivity index (χ0v) is 12.6. The normalized spacial score (nSPS) is 13.1. The molecule has 0 unspecified atom stereocenters. The maximum Gasteiger partial charge on any atom is 0.269 e. The Labute approximate surface area is 123 Å². The van der Waals surface area contributed by atoms with Crippen molar-refractivity contribution in [1.29, 1.82) is 0 Å². The molecule has 0 N–H and O–H groups in total. The number of nitro benzene ring substituents is 1. The molecule has 1 aromatic heterocycles. The average Bonchev–Trinajstić information content (AvgIpc) is 2.90. The topological polar surface area (TPSA) is 73.8 Å². The highest BCUT2D eigenvalue weighted by Gasteiger charge is 2.25. The lowest BCUT2D eigenvalue weighted by Crippen LogP contribution is -2.27. The van der Waals surface area contributed by atoms with E-state index in [1.807, 2.05) is 23.0 Å². The van der Waals surface area contributed by atoms with Crippen molar-refractivity contribution in [1.82, 2.24) is 15.0 Å². The fraction of sp³-hybridized carbons (Fsp3) is 0.467. The largest absolute Gasteiger partial charge is 0.269 e. The van der Waals surface area contributed by atoms with Crippen LogP contribution in [0.5, 0.6) is 0 Å². The Hall–Kier alpha value is -2.24. The monoisotopic (exact) mass is 288 g/mol. The van der Waals surface area contributed by atoms with Crippen LogP contribution in [-0.2, 0) is 13.0 Å². The van der Waals surface area contributed by atoms with E-state index < -0.39 is 0 Å². The third-order valence-electron chi connectivity index (χ3n) is 3.73. The highest BCUT2D eigenvalue weighted by atomic mass is 16.6. The summed E-state index contributed by atoms with van der Waals surface area (Å²) in [6.45, 7) is 7.36. The Morgan fingerprint density at radius 2 is 1.95 bits per heavy atom. The SMILES string of the molecule is CC(C)(C)[C@@H](Cc1ccc([N+](=O)[O-])cc1)Cn1ccnn1. The summed E-state index contributed by atoms with van der Waals surface area (Å²) in [6, 6.07) is 6.78. The lowest BCUT2D eigenvalue weighted by Gasteiger charge is -2.30. The second-order valence-electron chi connectivity index (χ2n) is 6.32. The van der Waals surface area contributed by atoms with E-state index in [-0.39, 0.29) is 16.0 Å². The number of non-ortho nitro benzene ring substituents is 1. The zero-order valence-electron chi connectivity index (χ0n) is 12.6. The molecular weight excluding hydrogens is 268 g/mol. The molecule has 0 radical (unpaired) electrons. The molecule has 0 fully saturated rings. The molecule has 1 heterocycles. The predicted octanol–water partition coefficient (Wildman–Crippen LogP) is 3.09. The minimum atomic E-state index is -0.375. The Morgan fingerprint density at radius 1 is 1.29 bits per heavy atom. The van der Waals surface area contributed by atoms with Gasteiger partial charge < -0.3 is 0 Å². The van der Waals surface area contributed by atoms with Gasteiger partial charge in [0.05, 0.1) is 11.1 Å². The van der Waals surface area contributed by atoms with Crippen LogP contribution < -0.4 is 0 Å². The van der Waals surface area contributed by atoms with Crippen molar-refractivity contribution in [2.75, 3.05) is 0 Å². The molecule has 1 atom stereocenters. The van der Waals surface area contributed by atoms with E-state index in [1.165, 1.54) is 0 Å². The number of benzene rings is 1. The Bertz CT molecular complexity index is 585. The molecule has 0 aliphatic rings. The van der Waals surface area contributed by atoms with Crippen LogP contribution in [0.25, 0.3) is 0 Å². The molecule has 1 aromatic carbocycles. The zero-order chi connectivity index (χ0) is 15.5. The lowest BCUT2D eigenvalue weighted by molar-refractivity contribution is -0.384. The van der Waals surface area contributed by atoms with Crippen molar-refractivity contribution in [3.8, 4) is 0 Å². The van der Waals surface area contributed by atoms with E-state index >= 15 is 0 Å². The Kier molecular flexibility index (Phi) is 4.35. The average molecular weight is 288 g/mol. The van der Waals surface area contributed by atoms with Crippen LogP contribution in [0.2, 0.25) is 0 Å². The molecule has 2 rings (SSSR count). The predicted molar refractivity (Wildman–Crippen MR) is 79.8 cm³/mol. The van der Waals surface area contributed by atoms with Crippen molar-refractivity contribution in [2.45, 2.75) is 33.7 Å². The Balaban J connectivity index is 2.13. The van der Waals surface area contributed by atoms with Crippen LogP contribution in [0, 0.1) is 21.4 Å². The summed E-state index contributed by atoms with van der Waals surface area (Å²) in [5, 5.41) is 18.6. The summed E-state index contributed by atoms with van der Waals surface area (Å²) in [4.78, 5) is 10.3. The summed E-state index contributed by atoms with van der Waals surface area (Å²) in [5.41, 5.74) is 1.33. The molecule has 112 valence electrons. The second-order valence-corrected chi connectivity index (χ2v) is 6.32. The highest BCUT2D eigenvalue weighted by Crippen LogP contribution is 2.30. The van der Waals surface area contributed by atoms with Crippen molar-refractivity contribution in [3.63, 3.8) is 0 Å². The van der Waals surface area contributed by atoms with Crippen LogP contribution in [0.3, 0.4) is 0 Å². The number of aromatic nitrogens is 3. The van der Waals surface area contributed by atoms with Gasteiger partial charge in [-0.3, -0.25) is 14.8 Å². The van der Waals surface area contributed by atoms with E-state index in [2.05, 4.69) is 31.1 Å². The van der Waals surface area contributed by atoms with Gasteiger partial charge in [-0.2, -0.15) is 0 Å². The molecule has 2 aromatic rings. The molecule has 0 aliphatic carbocycles. The third-order valence-corrected chi connectivity index (χ3v) is 3.73. The summed E-state index contributed by atoms with van der Waals surface area (Å²) >= 11 is 0. The van der Waals surface area contributed by atoms with Crippen LogP contribution in [0.15, 0.2) is 36.7 Å². The second kappa shape index (κ2) is 6.03. The first-order valence-electron chi connectivity index (χ1n) is 6.93. The van der Waals surface area contributed by atoms with Gasteiger partial charge in [-0.05, 0) is 23.3 Å². The van der Waals surface area contributed by atoms with Gasteiger partial charge >= 0.3 is 0 Å². The van der Waals surface area contributed by atoms with E-state index in [9.17, 15) is 10.1 Å². The van der Waals surface area contributed by atoms with Crippen molar-refractivity contribution in [3.05, 3.63) is 52.3 Å². The van der Waals surface area contributed by atoms with Gasteiger partial charge in [-0.25, -0.2) is 0 Å². The van der Waals surface area contributed by atoms with Gasteiger partial charge in [0.1, 0.15) is 0 Å². The summed E-state index contributed by atoms with van der Waals surface area (Å²) in [7, 11) is 0. The molecule has 0 bridgehead atoms. The van der Waals surface area contributed by atoms with E-state index in [1.54, 1.807) is 18.3 Å². The molecule has 6 nitrogen and oxygen atoms in total. The molecule has 6 heteroatoms. The van der Waals surface area contributed by atoms with Gasteiger partial charge in [-0.1, -0.05) is 38.1 Å². The fourth-order valence-corrected chi connectivity index (χ4v) is 2.24. The number of rotatable bonds is 5. The van der Waals surface area contributed by atoms with E-state index in [4.69, 9.17) is 0 Å². The van der Waals surface area contributed by atoms with Gasteiger partial charge in [0, 0.05) is 24.9 Å². The fourth-order valence-electron chi connectivity index (χ4n) is 2.24. The standard InChI is InChI=1S/C15H20N4O2/c1-15(2,3)13(11-18-9-8-16-17-18)10-12-4-6-14(7-5-12)19(20)21/h4-9,13H,10-11H2,1-3H3/t13-/m0/s1. The van der Waals surface area contributed by atoms with Crippen molar-refractivity contribution in [2.24, 2.45) is 11.3 Å². The molecule has 0 saturated carbocycles. The smallest absolute Gasteiger partial charge is 0.258 e. The Morgan fingerprint density at radius 3 is 2.43 bits per heavy atom. The maximum atomic E-state index is 10.7. The first-order chi connectivity index (χ1) is 9.86.